The van der Waals surface area contributed by atoms with Crippen molar-refractivity contribution in [3.63, 3.8) is 0 Å². The third kappa shape index (κ3) is 9.00. The second-order valence-electron chi connectivity index (χ2n) is 9.06. The van der Waals surface area contributed by atoms with Crippen molar-refractivity contribution in [3.8, 4) is 5.75 Å². The van der Waals surface area contributed by atoms with E-state index < -0.39 is 35.8 Å². The summed E-state index contributed by atoms with van der Waals surface area (Å²) in [6, 6.07) is 5.26. The zero-order chi connectivity index (χ0) is 26.0. The van der Waals surface area contributed by atoms with E-state index in [4.69, 9.17) is 19.3 Å². The number of hydrogen-bond donors (Lipinski definition) is 5. The first-order valence-corrected chi connectivity index (χ1v) is 11.7. The summed E-state index contributed by atoms with van der Waals surface area (Å²) in [6.45, 7) is 5.20. The number of amides is 2. The van der Waals surface area contributed by atoms with Crippen LogP contribution in [0.2, 0.25) is 0 Å². The van der Waals surface area contributed by atoms with Crippen LogP contribution < -0.4 is 20.7 Å². The average Bonchev–Trinajstić information content (AvgIpc) is 2.79. The highest BCUT2D eigenvalue weighted by Gasteiger charge is 2.34. The summed E-state index contributed by atoms with van der Waals surface area (Å²) in [5.41, 5.74) is 0.673. The number of hydrogen-bond acceptors (Lipinski definition) is 9. The van der Waals surface area contributed by atoms with Crippen molar-refractivity contribution in [2.75, 3.05) is 32.1 Å². The summed E-state index contributed by atoms with van der Waals surface area (Å²) >= 11 is 0. The van der Waals surface area contributed by atoms with Crippen molar-refractivity contribution in [2.45, 2.75) is 65.1 Å². The molecule has 0 radical (unpaired) electrons. The molecule has 196 valence electrons. The Hall–Kier alpha value is -2.89. The lowest BCUT2D eigenvalue weighted by molar-refractivity contribution is -0.184. The van der Waals surface area contributed by atoms with Crippen LogP contribution in [0.15, 0.2) is 18.2 Å². The van der Waals surface area contributed by atoms with E-state index in [1.165, 1.54) is 6.92 Å². The van der Waals surface area contributed by atoms with Gasteiger partial charge in [0.15, 0.2) is 0 Å². The van der Waals surface area contributed by atoms with Crippen LogP contribution >= 0.6 is 0 Å². The van der Waals surface area contributed by atoms with E-state index in [-0.39, 0.29) is 45.1 Å². The van der Waals surface area contributed by atoms with Crippen molar-refractivity contribution in [2.24, 2.45) is 5.41 Å². The molecule has 1 aliphatic heterocycles. The molecule has 1 aromatic rings. The van der Waals surface area contributed by atoms with Crippen LogP contribution in [0.4, 0.5) is 5.69 Å². The first-order valence-electron chi connectivity index (χ1n) is 11.7. The molecule has 0 aliphatic carbocycles. The molecule has 2 rings (SSSR count). The number of carbonyl (C=O) groups excluding carboxylic acids is 3. The maximum atomic E-state index is 12.6. The molecule has 1 aliphatic rings. The fourth-order valence-electron chi connectivity index (χ4n) is 3.50. The number of rotatable bonds is 12. The molecule has 1 heterocycles. The zero-order valence-electron chi connectivity index (χ0n) is 20.8. The molecule has 0 bridgehead atoms. The van der Waals surface area contributed by atoms with Crippen LogP contribution in [-0.2, 0) is 30.5 Å². The Morgan fingerprint density at radius 2 is 1.89 bits per heavy atom. The van der Waals surface area contributed by atoms with Crippen LogP contribution in [0.5, 0.6) is 5.75 Å². The van der Waals surface area contributed by atoms with Gasteiger partial charge >= 0.3 is 5.97 Å². The molecule has 5 N–H and O–H groups in total. The number of aliphatic hydroxyl groups excluding tert-OH is 2. The third-order valence-corrected chi connectivity index (χ3v) is 5.64. The van der Waals surface area contributed by atoms with E-state index in [9.17, 15) is 19.5 Å². The first-order chi connectivity index (χ1) is 16.6. The van der Waals surface area contributed by atoms with E-state index in [1.54, 1.807) is 39.1 Å². The van der Waals surface area contributed by atoms with E-state index in [2.05, 4.69) is 16.0 Å². The molecule has 0 spiro atoms. The van der Waals surface area contributed by atoms with Crippen LogP contribution in [-0.4, -0.2) is 73.2 Å². The molecule has 3 unspecified atom stereocenters. The molecule has 1 aromatic carbocycles. The normalized spacial score (nSPS) is 20.0. The lowest BCUT2D eigenvalue weighted by Gasteiger charge is -2.33. The Balaban J connectivity index is 1.91. The smallest absolute Gasteiger partial charge is 0.302 e. The highest BCUT2D eigenvalue weighted by atomic mass is 16.7. The summed E-state index contributed by atoms with van der Waals surface area (Å²) in [5, 5.41) is 27.8. The number of carbonyl (C=O) groups is 3. The second-order valence-corrected chi connectivity index (χ2v) is 9.06. The van der Waals surface area contributed by atoms with E-state index >= 15 is 0 Å². The molecule has 11 nitrogen and oxygen atoms in total. The van der Waals surface area contributed by atoms with Gasteiger partial charge in [0, 0.05) is 51.9 Å². The van der Waals surface area contributed by atoms with Crippen LogP contribution in [0.1, 0.15) is 45.6 Å². The van der Waals surface area contributed by atoms with Crippen molar-refractivity contribution in [1.29, 1.82) is 0 Å². The van der Waals surface area contributed by atoms with Gasteiger partial charge in [0.2, 0.25) is 18.1 Å². The minimum atomic E-state index is -0.924. The summed E-state index contributed by atoms with van der Waals surface area (Å²) in [6.07, 6.45) is -1.96. The standard InChI is InChI=1S/C24H37N3O8/c1-15(29)33-14-16-5-6-18(25-4)19(11-16)34-21-13-17(30)12-20(35-21)22(31)26-8-9-27-23(32)24(2,3)7-10-28/h5-6,11,17,20-21,25,28,30H,7-10,12-14H2,1-4H3,(H,26,31)(H,27,32). The largest absolute Gasteiger partial charge is 0.463 e. The quantitative estimate of drug-likeness (QED) is 0.208. The molecule has 2 amide bonds. The minimum Gasteiger partial charge on any atom is -0.463 e. The summed E-state index contributed by atoms with van der Waals surface area (Å²) in [5.74, 6) is -0.594. The molecule has 0 saturated carbocycles. The summed E-state index contributed by atoms with van der Waals surface area (Å²) < 4.78 is 16.8. The van der Waals surface area contributed by atoms with Crippen molar-refractivity contribution >= 4 is 23.5 Å². The fourth-order valence-corrected chi connectivity index (χ4v) is 3.50. The van der Waals surface area contributed by atoms with Gasteiger partial charge in [-0.05, 0) is 24.1 Å². The SMILES string of the molecule is CNc1ccc(COC(C)=O)cc1OC1CC(O)CC(C(=O)NCCNC(=O)C(C)(C)CCO)O1. The number of nitrogens with one attached hydrogen (secondary N) is 3. The van der Waals surface area contributed by atoms with E-state index in [1.807, 2.05) is 0 Å². The lowest BCUT2D eigenvalue weighted by Crippen LogP contribution is -2.48. The van der Waals surface area contributed by atoms with Crippen LogP contribution in [0, 0.1) is 5.41 Å². The van der Waals surface area contributed by atoms with Gasteiger partial charge in [-0.3, -0.25) is 14.4 Å². The maximum Gasteiger partial charge on any atom is 0.302 e. The van der Waals surface area contributed by atoms with E-state index in [0.717, 1.165) is 0 Å². The Morgan fingerprint density at radius 3 is 2.54 bits per heavy atom. The van der Waals surface area contributed by atoms with E-state index in [0.29, 0.717) is 23.4 Å². The van der Waals surface area contributed by atoms with Crippen molar-refractivity contribution in [1.82, 2.24) is 10.6 Å². The fraction of sp³-hybridized carbons (Fsp3) is 0.625. The number of esters is 1. The summed E-state index contributed by atoms with van der Waals surface area (Å²) in [4.78, 5) is 35.9. The molecular weight excluding hydrogens is 458 g/mol. The van der Waals surface area contributed by atoms with Gasteiger partial charge in [-0.15, -0.1) is 0 Å². The molecule has 35 heavy (non-hydrogen) atoms. The maximum absolute atomic E-state index is 12.6. The van der Waals surface area contributed by atoms with Gasteiger partial charge in [-0.2, -0.15) is 0 Å². The van der Waals surface area contributed by atoms with Crippen LogP contribution in [0.25, 0.3) is 0 Å². The topological polar surface area (TPSA) is 155 Å². The average molecular weight is 496 g/mol. The Bertz CT molecular complexity index is 876. The number of benzene rings is 1. The Kier molecular flexibility index (Phi) is 10.7. The molecule has 3 atom stereocenters. The van der Waals surface area contributed by atoms with Gasteiger partial charge in [0.05, 0.1) is 11.8 Å². The monoisotopic (exact) mass is 495 g/mol. The van der Waals surface area contributed by atoms with Gasteiger partial charge < -0.3 is 40.4 Å². The summed E-state index contributed by atoms with van der Waals surface area (Å²) in [7, 11) is 1.73. The van der Waals surface area contributed by atoms with Crippen molar-refractivity contribution in [3.05, 3.63) is 23.8 Å². The predicted molar refractivity (Wildman–Crippen MR) is 127 cm³/mol. The number of ether oxygens (including phenoxy) is 3. The molecular formula is C24H37N3O8. The Labute approximate surface area is 205 Å². The molecule has 11 heteroatoms. The van der Waals surface area contributed by atoms with Gasteiger partial charge in [-0.25, -0.2) is 0 Å². The Morgan fingerprint density at radius 1 is 1.17 bits per heavy atom. The highest BCUT2D eigenvalue weighted by molar-refractivity contribution is 5.82. The number of anilines is 1. The van der Waals surface area contributed by atoms with Gasteiger partial charge in [0.1, 0.15) is 18.5 Å². The molecule has 1 fully saturated rings. The molecule has 1 saturated heterocycles. The first kappa shape index (κ1) is 28.3. The lowest BCUT2D eigenvalue weighted by atomic mass is 9.89. The van der Waals surface area contributed by atoms with Crippen molar-refractivity contribution < 1.29 is 38.8 Å². The third-order valence-electron chi connectivity index (χ3n) is 5.64. The zero-order valence-corrected chi connectivity index (χ0v) is 20.8. The number of aliphatic hydroxyl groups is 2. The van der Waals surface area contributed by atoms with Crippen LogP contribution in [0.3, 0.4) is 0 Å². The minimum absolute atomic E-state index is 0.0859. The molecule has 0 aromatic heterocycles. The van der Waals surface area contributed by atoms with Gasteiger partial charge in [0.25, 0.3) is 0 Å². The second kappa shape index (κ2) is 13.3. The predicted octanol–water partition coefficient (Wildman–Crippen LogP) is 0.677. The van der Waals surface area contributed by atoms with Gasteiger partial charge in [-0.1, -0.05) is 19.9 Å². The highest BCUT2D eigenvalue weighted by Crippen LogP contribution is 2.30.